The molecule has 2 N–H and O–H groups in total. The van der Waals surface area contributed by atoms with Crippen LogP contribution < -0.4 is 0 Å². The summed E-state index contributed by atoms with van der Waals surface area (Å²) < 4.78 is 0. The molecule has 0 aliphatic carbocycles. The minimum absolute atomic E-state index is 0.00231. The fourth-order valence-corrected chi connectivity index (χ4v) is 2.72. The zero-order chi connectivity index (χ0) is 10.9. The Morgan fingerprint density at radius 1 is 1.00 bits per heavy atom. The minimum atomic E-state index is -1.82. The molecule has 2 nitrogen and oxygen atoms in total. The first-order chi connectivity index (χ1) is 5.54. The fraction of sp³-hybridized carbons (Fsp3) is 1.00. The summed E-state index contributed by atoms with van der Waals surface area (Å²) in [7, 11) is -1.82. The molecule has 13 heavy (non-hydrogen) atoms. The molecule has 0 aromatic carbocycles. The molecule has 0 radical (unpaired) electrons. The summed E-state index contributed by atoms with van der Waals surface area (Å²) in [6, 6.07) is 0. The van der Waals surface area contributed by atoms with Crippen molar-refractivity contribution in [1.82, 2.24) is 0 Å². The summed E-state index contributed by atoms with van der Waals surface area (Å²) in [5.74, 6) is 0. The number of hydrogen-bond donors (Lipinski definition) is 2. The lowest BCUT2D eigenvalue weighted by Gasteiger charge is -2.35. The molecule has 80 valence electrons. The van der Waals surface area contributed by atoms with Crippen LogP contribution in [0.4, 0.5) is 0 Å². The summed E-state index contributed by atoms with van der Waals surface area (Å²) in [5.41, 5.74) is 0.134. The van der Waals surface area contributed by atoms with Gasteiger partial charge in [-0.05, 0) is 17.3 Å². The van der Waals surface area contributed by atoms with Gasteiger partial charge in [0.2, 0.25) is 0 Å². The standard InChI is InChI=1S/C10H23O2P/c1-9(2,3)7-8(13(11)12)10(4,5)6/h8,11-12H,7H2,1-6H3. The average Bonchev–Trinajstić information content (AvgIpc) is 1.77. The Hall–Kier alpha value is 0.350. The van der Waals surface area contributed by atoms with Gasteiger partial charge in [-0.3, -0.25) is 0 Å². The van der Waals surface area contributed by atoms with Crippen LogP contribution in [0.3, 0.4) is 0 Å². The zero-order valence-corrected chi connectivity index (χ0v) is 10.5. The van der Waals surface area contributed by atoms with Crippen molar-refractivity contribution in [3.63, 3.8) is 0 Å². The maximum Gasteiger partial charge on any atom is 0.168 e. The second-order valence-corrected chi connectivity index (χ2v) is 7.23. The van der Waals surface area contributed by atoms with Gasteiger partial charge in [0.1, 0.15) is 0 Å². The highest BCUT2D eigenvalue weighted by molar-refractivity contribution is 7.46. The van der Waals surface area contributed by atoms with E-state index in [-0.39, 0.29) is 16.5 Å². The molecule has 0 aliphatic heterocycles. The van der Waals surface area contributed by atoms with Gasteiger partial charge in [-0.25, -0.2) is 0 Å². The Morgan fingerprint density at radius 3 is 1.46 bits per heavy atom. The lowest BCUT2D eigenvalue weighted by atomic mass is 9.81. The molecule has 0 fully saturated rings. The Balaban J connectivity index is 4.47. The highest BCUT2D eigenvalue weighted by Crippen LogP contribution is 2.47. The molecule has 0 saturated carbocycles. The summed E-state index contributed by atoms with van der Waals surface area (Å²) in [6.07, 6.45) is 0.856. The van der Waals surface area contributed by atoms with E-state index in [4.69, 9.17) is 0 Å². The molecule has 0 heterocycles. The summed E-state index contributed by atoms with van der Waals surface area (Å²) >= 11 is 0. The van der Waals surface area contributed by atoms with Crippen molar-refractivity contribution in [2.45, 2.75) is 53.6 Å². The molecule has 3 heteroatoms. The molecule has 0 spiro atoms. The molecule has 0 saturated heterocycles. The summed E-state index contributed by atoms with van der Waals surface area (Å²) in [4.78, 5) is 18.7. The normalized spacial score (nSPS) is 16.4. The van der Waals surface area contributed by atoms with E-state index >= 15 is 0 Å². The van der Waals surface area contributed by atoms with Crippen molar-refractivity contribution >= 4 is 8.38 Å². The maximum atomic E-state index is 9.33. The predicted molar refractivity (Wildman–Crippen MR) is 58.7 cm³/mol. The van der Waals surface area contributed by atoms with Crippen LogP contribution in [-0.2, 0) is 0 Å². The first-order valence-corrected chi connectivity index (χ1v) is 6.03. The van der Waals surface area contributed by atoms with Crippen LogP contribution in [0, 0.1) is 10.8 Å². The van der Waals surface area contributed by atoms with E-state index in [1.807, 2.05) is 0 Å². The van der Waals surface area contributed by atoms with Crippen LogP contribution in [0.2, 0.25) is 0 Å². The van der Waals surface area contributed by atoms with Gasteiger partial charge < -0.3 is 9.79 Å². The van der Waals surface area contributed by atoms with E-state index in [0.29, 0.717) is 0 Å². The van der Waals surface area contributed by atoms with E-state index in [1.165, 1.54) is 0 Å². The summed E-state index contributed by atoms with van der Waals surface area (Å²) in [5, 5.41) is 0. The van der Waals surface area contributed by atoms with Crippen LogP contribution in [0.1, 0.15) is 48.0 Å². The third kappa shape index (κ3) is 5.61. The quantitative estimate of drug-likeness (QED) is 0.681. The van der Waals surface area contributed by atoms with Gasteiger partial charge in [-0.2, -0.15) is 0 Å². The Morgan fingerprint density at radius 2 is 1.38 bits per heavy atom. The molecule has 0 bridgehead atoms. The van der Waals surface area contributed by atoms with Crippen LogP contribution in [0.5, 0.6) is 0 Å². The Labute approximate surface area is 83.3 Å². The van der Waals surface area contributed by atoms with E-state index in [9.17, 15) is 9.79 Å². The van der Waals surface area contributed by atoms with Gasteiger partial charge in [0.05, 0.1) is 0 Å². The van der Waals surface area contributed by atoms with Crippen molar-refractivity contribution in [1.29, 1.82) is 0 Å². The largest absolute Gasteiger partial charge is 0.350 e. The second kappa shape index (κ2) is 4.25. The third-order valence-electron chi connectivity index (χ3n) is 2.08. The van der Waals surface area contributed by atoms with Crippen LogP contribution >= 0.6 is 8.38 Å². The van der Waals surface area contributed by atoms with Crippen molar-refractivity contribution in [3.05, 3.63) is 0 Å². The molecule has 0 rings (SSSR count). The molecular weight excluding hydrogens is 183 g/mol. The smallest absolute Gasteiger partial charge is 0.168 e. The molecule has 0 aromatic rings. The van der Waals surface area contributed by atoms with Crippen LogP contribution in [0.15, 0.2) is 0 Å². The summed E-state index contributed by atoms with van der Waals surface area (Å²) in [6.45, 7) is 12.6. The van der Waals surface area contributed by atoms with E-state index < -0.39 is 8.38 Å². The van der Waals surface area contributed by atoms with Gasteiger partial charge in [-0.15, -0.1) is 0 Å². The van der Waals surface area contributed by atoms with E-state index in [0.717, 1.165) is 6.42 Å². The molecule has 0 aliphatic rings. The molecule has 1 unspecified atom stereocenters. The van der Waals surface area contributed by atoms with Gasteiger partial charge in [-0.1, -0.05) is 41.5 Å². The second-order valence-electron chi connectivity index (χ2n) is 5.97. The van der Waals surface area contributed by atoms with Crippen LogP contribution in [0.25, 0.3) is 0 Å². The van der Waals surface area contributed by atoms with Crippen molar-refractivity contribution in [2.24, 2.45) is 10.8 Å². The average molecular weight is 206 g/mol. The fourth-order valence-electron chi connectivity index (χ4n) is 1.31. The SMILES string of the molecule is CC(C)(C)CC(P(O)O)C(C)(C)C. The van der Waals surface area contributed by atoms with Gasteiger partial charge in [0.15, 0.2) is 8.38 Å². The first-order valence-electron chi connectivity index (χ1n) is 4.71. The molecule has 1 atom stereocenters. The molecular formula is C10H23O2P. The highest BCUT2D eigenvalue weighted by Gasteiger charge is 2.34. The number of hydrogen-bond acceptors (Lipinski definition) is 2. The highest BCUT2D eigenvalue weighted by atomic mass is 31.2. The molecule has 0 amide bonds. The lowest BCUT2D eigenvalue weighted by molar-refractivity contribution is 0.261. The monoisotopic (exact) mass is 206 g/mol. The van der Waals surface area contributed by atoms with Gasteiger partial charge in [0.25, 0.3) is 0 Å². The van der Waals surface area contributed by atoms with Gasteiger partial charge in [0, 0.05) is 5.66 Å². The third-order valence-corrected chi connectivity index (χ3v) is 3.60. The van der Waals surface area contributed by atoms with E-state index in [1.54, 1.807) is 0 Å². The Bertz CT molecular complexity index is 153. The van der Waals surface area contributed by atoms with Crippen molar-refractivity contribution in [2.75, 3.05) is 0 Å². The van der Waals surface area contributed by atoms with E-state index in [2.05, 4.69) is 41.5 Å². The van der Waals surface area contributed by atoms with Crippen LogP contribution in [-0.4, -0.2) is 15.4 Å². The molecule has 0 aromatic heterocycles. The predicted octanol–water partition coefficient (Wildman–Crippen LogP) is 3.13. The van der Waals surface area contributed by atoms with Crippen molar-refractivity contribution < 1.29 is 9.79 Å². The minimum Gasteiger partial charge on any atom is -0.350 e. The Kier molecular flexibility index (Phi) is 4.36. The number of rotatable bonds is 2. The first kappa shape index (κ1) is 13.4. The van der Waals surface area contributed by atoms with Crippen molar-refractivity contribution in [3.8, 4) is 0 Å². The topological polar surface area (TPSA) is 40.5 Å². The zero-order valence-electron chi connectivity index (χ0n) is 9.63. The van der Waals surface area contributed by atoms with Gasteiger partial charge >= 0.3 is 0 Å². The maximum absolute atomic E-state index is 9.33. The lowest BCUT2D eigenvalue weighted by Crippen LogP contribution is -2.29.